The molecule has 0 aliphatic rings. The van der Waals surface area contributed by atoms with Crippen molar-refractivity contribution in [1.82, 2.24) is 0 Å². The molecule has 25 heavy (non-hydrogen) atoms. The third kappa shape index (κ3) is 5.06. The third-order valence-electron chi connectivity index (χ3n) is 3.35. The molecule has 0 saturated heterocycles. The number of amides is 3. The number of carbonyl (C=O) groups is 3. The highest BCUT2D eigenvalue weighted by molar-refractivity contribution is 6.31. The Morgan fingerprint density at radius 3 is 1.96 bits per heavy atom. The average molecular weight is 360 g/mol. The van der Waals surface area contributed by atoms with E-state index < -0.39 is 0 Å². The number of anilines is 3. The summed E-state index contributed by atoms with van der Waals surface area (Å²) in [5.74, 6) is -0.946. The van der Waals surface area contributed by atoms with Crippen molar-refractivity contribution in [1.29, 1.82) is 0 Å². The van der Waals surface area contributed by atoms with E-state index in [1.165, 1.54) is 26.0 Å². The number of carbonyl (C=O) groups excluding carboxylic acids is 3. The smallest absolute Gasteiger partial charge is 0.255 e. The van der Waals surface area contributed by atoms with E-state index in [1.807, 2.05) is 0 Å². The molecule has 0 spiro atoms. The van der Waals surface area contributed by atoms with Crippen molar-refractivity contribution < 1.29 is 14.4 Å². The number of rotatable bonds is 4. The predicted octanol–water partition coefficient (Wildman–Crippen LogP) is 3.82. The Bertz CT molecular complexity index is 815. The first kappa shape index (κ1) is 18.5. The molecule has 0 atom stereocenters. The van der Waals surface area contributed by atoms with Gasteiger partial charge in [0, 0.05) is 41.5 Å². The zero-order chi connectivity index (χ0) is 18.6. The van der Waals surface area contributed by atoms with Gasteiger partial charge in [-0.1, -0.05) is 17.7 Å². The van der Waals surface area contributed by atoms with Gasteiger partial charge >= 0.3 is 0 Å². The Morgan fingerprint density at radius 1 is 0.880 bits per heavy atom. The van der Waals surface area contributed by atoms with E-state index in [9.17, 15) is 14.4 Å². The molecule has 130 valence electrons. The van der Waals surface area contributed by atoms with E-state index in [1.54, 1.807) is 31.2 Å². The van der Waals surface area contributed by atoms with E-state index in [2.05, 4.69) is 16.0 Å². The lowest BCUT2D eigenvalue weighted by atomic mass is 10.1. The fourth-order valence-corrected chi connectivity index (χ4v) is 2.42. The van der Waals surface area contributed by atoms with Crippen LogP contribution in [0.5, 0.6) is 0 Å². The monoisotopic (exact) mass is 359 g/mol. The fraction of sp³-hybridized carbons (Fsp3) is 0.167. The molecule has 7 heteroatoms. The molecular formula is C18H18ClN3O3. The van der Waals surface area contributed by atoms with Crippen LogP contribution in [0.1, 0.15) is 29.8 Å². The summed E-state index contributed by atoms with van der Waals surface area (Å²) in [5, 5.41) is 8.54. The Kier molecular flexibility index (Phi) is 5.77. The lowest BCUT2D eigenvalue weighted by molar-refractivity contribution is -0.115. The lowest BCUT2D eigenvalue weighted by Gasteiger charge is -2.12. The minimum absolute atomic E-state index is 0.281. The zero-order valence-corrected chi connectivity index (χ0v) is 14.8. The highest BCUT2D eigenvalue weighted by Gasteiger charge is 2.12. The predicted molar refractivity (Wildman–Crippen MR) is 99.2 cm³/mol. The van der Waals surface area contributed by atoms with Crippen molar-refractivity contribution in [3.8, 4) is 0 Å². The largest absolute Gasteiger partial charge is 0.326 e. The molecule has 0 aromatic heterocycles. The summed E-state index contributed by atoms with van der Waals surface area (Å²) in [6.45, 7) is 4.52. The van der Waals surface area contributed by atoms with Crippen LogP contribution in [0.2, 0.25) is 5.02 Å². The number of benzene rings is 2. The van der Waals surface area contributed by atoms with Gasteiger partial charge in [0.05, 0.1) is 0 Å². The van der Waals surface area contributed by atoms with E-state index in [-0.39, 0.29) is 23.3 Å². The van der Waals surface area contributed by atoms with Crippen molar-refractivity contribution in [2.75, 3.05) is 16.0 Å². The molecule has 0 radical (unpaired) electrons. The van der Waals surface area contributed by atoms with Gasteiger partial charge in [0.25, 0.3) is 5.91 Å². The van der Waals surface area contributed by atoms with Crippen molar-refractivity contribution in [2.45, 2.75) is 20.8 Å². The van der Waals surface area contributed by atoms with Crippen LogP contribution in [0.3, 0.4) is 0 Å². The normalized spacial score (nSPS) is 10.1. The molecule has 2 rings (SSSR count). The molecule has 2 aromatic carbocycles. The topological polar surface area (TPSA) is 87.3 Å². The van der Waals surface area contributed by atoms with Crippen LogP contribution in [0.15, 0.2) is 36.4 Å². The number of halogens is 1. The number of nitrogens with one attached hydrogen (secondary N) is 3. The molecule has 0 unspecified atom stereocenters. The first-order valence-corrected chi connectivity index (χ1v) is 7.91. The quantitative estimate of drug-likeness (QED) is 0.775. The highest BCUT2D eigenvalue weighted by Crippen LogP contribution is 2.25. The molecule has 3 amide bonds. The highest BCUT2D eigenvalue weighted by atomic mass is 35.5. The van der Waals surface area contributed by atoms with Gasteiger partial charge in [-0.3, -0.25) is 14.4 Å². The summed E-state index contributed by atoms with van der Waals surface area (Å²) in [7, 11) is 0. The van der Waals surface area contributed by atoms with Crippen LogP contribution in [0.4, 0.5) is 17.1 Å². The summed E-state index contributed by atoms with van der Waals surface area (Å²) in [4.78, 5) is 35.1. The first-order chi connectivity index (χ1) is 11.8. The second kappa shape index (κ2) is 7.81. The molecule has 0 aliphatic carbocycles. The second-order valence-electron chi connectivity index (χ2n) is 5.53. The van der Waals surface area contributed by atoms with Gasteiger partial charge in [0.1, 0.15) is 0 Å². The van der Waals surface area contributed by atoms with Crippen molar-refractivity contribution >= 4 is 46.4 Å². The number of hydrogen-bond donors (Lipinski definition) is 3. The van der Waals surface area contributed by atoms with E-state index >= 15 is 0 Å². The second-order valence-corrected chi connectivity index (χ2v) is 5.94. The van der Waals surface area contributed by atoms with E-state index in [0.717, 1.165) is 5.56 Å². The van der Waals surface area contributed by atoms with Crippen LogP contribution in [-0.2, 0) is 9.59 Å². The Labute approximate surface area is 150 Å². The van der Waals surface area contributed by atoms with E-state index in [0.29, 0.717) is 22.1 Å². The fourth-order valence-electron chi connectivity index (χ4n) is 2.25. The molecule has 0 fully saturated rings. The molecule has 0 heterocycles. The van der Waals surface area contributed by atoms with Gasteiger partial charge in [-0.15, -0.1) is 0 Å². The summed E-state index contributed by atoms with van der Waals surface area (Å²) in [6.07, 6.45) is 0. The molecule has 0 saturated carbocycles. The maximum Gasteiger partial charge on any atom is 0.255 e. The summed E-state index contributed by atoms with van der Waals surface area (Å²) in [6, 6.07) is 9.85. The van der Waals surface area contributed by atoms with Gasteiger partial charge in [-0.25, -0.2) is 0 Å². The van der Waals surface area contributed by atoms with E-state index in [4.69, 9.17) is 11.6 Å². The first-order valence-electron chi connectivity index (χ1n) is 7.53. The van der Waals surface area contributed by atoms with Crippen molar-refractivity contribution in [3.05, 3.63) is 52.5 Å². The maximum atomic E-state index is 12.6. The molecule has 6 nitrogen and oxygen atoms in total. The molecule has 0 bridgehead atoms. The Morgan fingerprint density at radius 2 is 1.44 bits per heavy atom. The molecular weight excluding hydrogens is 342 g/mol. The summed E-state index contributed by atoms with van der Waals surface area (Å²) >= 11 is 6.06. The third-order valence-corrected chi connectivity index (χ3v) is 3.76. The Hall–Kier alpha value is -2.86. The minimum atomic E-state index is -0.385. The van der Waals surface area contributed by atoms with Crippen LogP contribution >= 0.6 is 11.6 Å². The molecule has 0 aliphatic heterocycles. The van der Waals surface area contributed by atoms with Gasteiger partial charge in [0.2, 0.25) is 11.8 Å². The van der Waals surface area contributed by atoms with Crippen molar-refractivity contribution in [3.63, 3.8) is 0 Å². The lowest BCUT2D eigenvalue weighted by Crippen LogP contribution is -2.15. The van der Waals surface area contributed by atoms with Crippen LogP contribution in [0, 0.1) is 6.92 Å². The van der Waals surface area contributed by atoms with Gasteiger partial charge in [0.15, 0.2) is 0 Å². The van der Waals surface area contributed by atoms with Crippen LogP contribution in [-0.4, -0.2) is 17.7 Å². The summed E-state index contributed by atoms with van der Waals surface area (Å²) in [5.41, 5.74) is 2.44. The van der Waals surface area contributed by atoms with Crippen LogP contribution < -0.4 is 16.0 Å². The van der Waals surface area contributed by atoms with Gasteiger partial charge in [-0.05, 0) is 42.8 Å². The average Bonchev–Trinajstić information content (AvgIpc) is 2.50. The SMILES string of the molecule is CC(=O)Nc1cc(NC(C)=O)cc(C(=O)Nc2cccc(Cl)c2C)c1. The minimum Gasteiger partial charge on any atom is -0.326 e. The maximum absolute atomic E-state index is 12.6. The zero-order valence-electron chi connectivity index (χ0n) is 14.1. The van der Waals surface area contributed by atoms with Gasteiger partial charge in [-0.2, -0.15) is 0 Å². The number of hydrogen-bond acceptors (Lipinski definition) is 3. The molecule has 3 N–H and O–H groups in total. The Balaban J connectivity index is 2.35. The summed E-state index contributed by atoms with van der Waals surface area (Å²) < 4.78 is 0. The van der Waals surface area contributed by atoms with Crippen LogP contribution in [0.25, 0.3) is 0 Å². The molecule has 2 aromatic rings. The standard InChI is InChI=1S/C18H18ClN3O3/c1-10-16(19)5-4-6-17(10)22-18(25)13-7-14(20-11(2)23)9-15(8-13)21-12(3)24/h4-9H,1-3H3,(H,20,23)(H,21,24)(H,22,25). The van der Waals surface area contributed by atoms with Crippen molar-refractivity contribution in [2.24, 2.45) is 0 Å². The van der Waals surface area contributed by atoms with Gasteiger partial charge < -0.3 is 16.0 Å².